The zero-order valence-electron chi connectivity index (χ0n) is 6.35. The van der Waals surface area contributed by atoms with Crippen molar-refractivity contribution in [2.24, 2.45) is 0 Å². The lowest BCUT2D eigenvalue weighted by atomic mass is 10.4. The molecule has 0 aliphatic heterocycles. The number of ether oxygens (including phenoxy) is 1. The number of hydrogen-bond acceptors (Lipinski definition) is 3. The molecule has 1 radical (unpaired) electrons. The molecule has 0 spiro atoms. The molecule has 4 nitrogen and oxygen atoms in total. The van der Waals surface area contributed by atoms with Gasteiger partial charge in [-0.2, -0.15) is 0 Å². The fraction of sp³-hybridized carbons (Fsp3) is 0.429. The van der Waals surface area contributed by atoms with Gasteiger partial charge in [-0.05, 0) is 6.92 Å². The van der Waals surface area contributed by atoms with Crippen LogP contribution in [0, 0.1) is 0 Å². The molecule has 0 heterocycles. The molecule has 0 atom stereocenters. The summed E-state index contributed by atoms with van der Waals surface area (Å²) in [6.07, 6.45) is 1.46. The van der Waals surface area contributed by atoms with Crippen LogP contribution in [-0.2, 0) is 14.3 Å². The third kappa shape index (κ3) is 5.14. The van der Waals surface area contributed by atoms with Gasteiger partial charge in [0.25, 0.3) is 0 Å². The standard InChI is InChI=1S/C7H10NO3/c1-6(2)7(10)11-4-3-8-5-9/h1,3-4H2,2H3,(H,8,9). The van der Waals surface area contributed by atoms with E-state index in [1.165, 1.54) is 6.41 Å². The smallest absolute Gasteiger partial charge is 0.333 e. The zero-order valence-corrected chi connectivity index (χ0v) is 6.35. The molecule has 11 heavy (non-hydrogen) atoms. The summed E-state index contributed by atoms with van der Waals surface area (Å²) < 4.78 is 4.63. The van der Waals surface area contributed by atoms with E-state index in [1.807, 2.05) is 0 Å². The summed E-state index contributed by atoms with van der Waals surface area (Å²) in [5.74, 6) is -0.447. The number of carbonyl (C=O) groups excluding carboxylic acids is 2. The lowest BCUT2D eigenvalue weighted by Crippen LogP contribution is -2.19. The van der Waals surface area contributed by atoms with Gasteiger partial charge >= 0.3 is 12.4 Å². The van der Waals surface area contributed by atoms with E-state index in [2.05, 4.69) is 16.6 Å². The van der Waals surface area contributed by atoms with E-state index >= 15 is 0 Å². The van der Waals surface area contributed by atoms with E-state index in [-0.39, 0.29) is 13.2 Å². The van der Waals surface area contributed by atoms with Gasteiger partial charge in [0.1, 0.15) is 6.61 Å². The van der Waals surface area contributed by atoms with Gasteiger partial charge in [-0.3, -0.25) is 4.79 Å². The third-order valence-corrected chi connectivity index (χ3v) is 0.881. The maximum Gasteiger partial charge on any atom is 0.333 e. The first-order valence-corrected chi connectivity index (χ1v) is 3.11. The van der Waals surface area contributed by atoms with Crippen LogP contribution >= 0.6 is 0 Å². The normalized spacial score (nSPS) is 8.45. The van der Waals surface area contributed by atoms with E-state index in [9.17, 15) is 9.59 Å². The first-order valence-electron chi connectivity index (χ1n) is 3.11. The number of carbonyl (C=O) groups is 1. The van der Waals surface area contributed by atoms with Crippen molar-refractivity contribution >= 4 is 12.4 Å². The van der Waals surface area contributed by atoms with Gasteiger partial charge in [0.05, 0.1) is 6.54 Å². The Hall–Kier alpha value is -1.32. The second-order valence-corrected chi connectivity index (χ2v) is 1.95. The van der Waals surface area contributed by atoms with Crippen LogP contribution in [0.5, 0.6) is 0 Å². The van der Waals surface area contributed by atoms with Gasteiger partial charge in [-0.1, -0.05) is 6.58 Å². The maximum atomic E-state index is 10.7. The Labute approximate surface area is 65.2 Å². The Morgan fingerprint density at radius 2 is 2.36 bits per heavy atom. The minimum atomic E-state index is -0.447. The van der Waals surface area contributed by atoms with Crippen LogP contribution in [0.2, 0.25) is 0 Å². The Balaban J connectivity index is 3.31. The van der Waals surface area contributed by atoms with Crippen LogP contribution in [0.4, 0.5) is 0 Å². The summed E-state index contributed by atoms with van der Waals surface area (Å²) in [5, 5.41) is 2.23. The molecule has 1 amide bonds. The van der Waals surface area contributed by atoms with Crippen LogP contribution in [-0.4, -0.2) is 25.5 Å². The van der Waals surface area contributed by atoms with Crippen molar-refractivity contribution < 1.29 is 14.3 Å². The topological polar surface area (TPSA) is 55.4 Å². The molecule has 0 fully saturated rings. The van der Waals surface area contributed by atoms with Crippen molar-refractivity contribution in [2.45, 2.75) is 6.92 Å². The van der Waals surface area contributed by atoms with E-state index in [1.54, 1.807) is 6.92 Å². The van der Waals surface area contributed by atoms with Crippen molar-refractivity contribution in [1.82, 2.24) is 5.32 Å². The first kappa shape index (κ1) is 9.68. The van der Waals surface area contributed by atoms with Crippen LogP contribution in [0.3, 0.4) is 0 Å². The Morgan fingerprint density at radius 1 is 1.73 bits per heavy atom. The first-order chi connectivity index (χ1) is 5.18. The fourth-order valence-electron chi connectivity index (χ4n) is 0.369. The number of rotatable bonds is 5. The SMILES string of the molecule is C=C(C)C(=O)OCCN[C]=O. The van der Waals surface area contributed by atoms with E-state index < -0.39 is 5.97 Å². The maximum absolute atomic E-state index is 10.7. The highest BCUT2D eigenvalue weighted by molar-refractivity contribution is 5.86. The van der Waals surface area contributed by atoms with Gasteiger partial charge in [0.15, 0.2) is 0 Å². The summed E-state index contributed by atoms with van der Waals surface area (Å²) in [7, 11) is 0. The van der Waals surface area contributed by atoms with E-state index in [0.717, 1.165) is 0 Å². The molecule has 0 bridgehead atoms. The summed E-state index contributed by atoms with van der Waals surface area (Å²) in [4.78, 5) is 20.2. The number of nitrogens with one attached hydrogen (secondary N) is 1. The van der Waals surface area contributed by atoms with Gasteiger partial charge in [0.2, 0.25) is 0 Å². The molecule has 61 valence electrons. The molecule has 0 saturated carbocycles. The lowest BCUT2D eigenvalue weighted by molar-refractivity contribution is -0.138. The molecule has 0 aliphatic rings. The van der Waals surface area contributed by atoms with Crippen molar-refractivity contribution in [2.75, 3.05) is 13.2 Å². The largest absolute Gasteiger partial charge is 0.460 e. The number of esters is 1. The second-order valence-electron chi connectivity index (χ2n) is 1.95. The quantitative estimate of drug-likeness (QED) is 0.259. The van der Waals surface area contributed by atoms with Gasteiger partial charge in [0, 0.05) is 5.57 Å². The monoisotopic (exact) mass is 156 g/mol. The fourth-order valence-corrected chi connectivity index (χ4v) is 0.369. The molecule has 4 heteroatoms. The summed E-state index contributed by atoms with van der Waals surface area (Å²) in [6, 6.07) is 0. The zero-order chi connectivity index (χ0) is 8.69. The molecular weight excluding hydrogens is 146 g/mol. The minimum absolute atomic E-state index is 0.154. The average molecular weight is 156 g/mol. The van der Waals surface area contributed by atoms with Crippen LogP contribution in [0.1, 0.15) is 6.92 Å². The highest BCUT2D eigenvalue weighted by Crippen LogP contribution is 1.89. The summed E-state index contributed by atoms with van der Waals surface area (Å²) in [6.45, 7) is 5.37. The van der Waals surface area contributed by atoms with Crippen molar-refractivity contribution in [3.05, 3.63) is 12.2 Å². The predicted molar refractivity (Wildman–Crippen MR) is 39.5 cm³/mol. The van der Waals surface area contributed by atoms with Crippen molar-refractivity contribution in [3.8, 4) is 0 Å². The molecule has 0 aromatic heterocycles. The third-order valence-electron chi connectivity index (χ3n) is 0.881. The molecule has 0 unspecified atom stereocenters. The van der Waals surface area contributed by atoms with Gasteiger partial charge < -0.3 is 10.1 Å². The second kappa shape index (κ2) is 5.46. The molecule has 0 rings (SSSR count). The Bertz CT molecular complexity index is 165. The highest BCUT2D eigenvalue weighted by atomic mass is 16.5. The molecule has 0 aromatic carbocycles. The van der Waals surface area contributed by atoms with Crippen molar-refractivity contribution in [3.63, 3.8) is 0 Å². The van der Waals surface area contributed by atoms with Gasteiger partial charge in [-0.15, -0.1) is 0 Å². The molecule has 1 N–H and O–H groups in total. The highest BCUT2D eigenvalue weighted by Gasteiger charge is 2.00. The molecule has 0 aromatic rings. The molecule has 0 saturated heterocycles. The van der Waals surface area contributed by atoms with Crippen LogP contribution < -0.4 is 5.32 Å². The average Bonchev–Trinajstić information content (AvgIpc) is 1.97. The number of amides is 1. The summed E-state index contributed by atoms with van der Waals surface area (Å²) >= 11 is 0. The van der Waals surface area contributed by atoms with E-state index in [4.69, 9.17) is 0 Å². The van der Waals surface area contributed by atoms with Crippen LogP contribution in [0.25, 0.3) is 0 Å². The number of hydrogen-bond donors (Lipinski definition) is 1. The van der Waals surface area contributed by atoms with Gasteiger partial charge in [-0.25, -0.2) is 4.79 Å². The predicted octanol–water partition coefficient (Wildman–Crippen LogP) is -0.237. The lowest BCUT2D eigenvalue weighted by Gasteiger charge is -2.01. The Kier molecular flexibility index (Phi) is 4.81. The van der Waals surface area contributed by atoms with E-state index in [0.29, 0.717) is 5.57 Å². The Morgan fingerprint density at radius 3 is 2.82 bits per heavy atom. The van der Waals surface area contributed by atoms with Crippen LogP contribution in [0.15, 0.2) is 12.2 Å². The van der Waals surface area contributed by atoms with Crippen molar-refractivity contribution in [1.29, 1.82) is 0 Å². The molecule has 0 aliphatic carbocycles. The minimum Gasteiger partial charge on any atom is -0.460 e. The molecular formula is C7H10NO3. The summed E-state index contributed by atoms with van der Waals surface area (Å²) in [5.41, 5.74) is 0.347.